The highest BCUT2D eigenvalue weighted by Crippen LogP contribution is 2.31. The number of thiazole rings is 1. The van der Waals surface area contributed by atoms with Crippen molar-refractivity contribution in [2.24, 2.45) is 5.84 Å². The number of hydrogen-bond acceptors (Lipinski definition) is 5. The fourth-order valence-corrected chi connectivity index (χ4v) is 4.32. The lowest BCUT2D eigenvalue weighted by Crippen LogP contribution is -2.36. The summed E-state index contributed by atoms with van der Waals surface area (Å²) in [4.78, 5) is 7.87. The zero-order valence-corrected chi connectivity index (χ0v) is 19.7. The topological polar surface area (TPSA) is 45.4 Å². The number of hydrazine groups is 1. The molecule has 0 aliphatic rings. The Morgan fingerprint density at radius 2 is 1.78 bits per heavy atom. The van der Waals surface area contributed by atoms with Crippen LogP contribution >= 0.6 is 11.3 Å². The van der Waals surface area contributed by atoms with Gasteiger partial charge in [-0.05, 0) is 36.0 Å². The van der Waals surface area contributed by atoms with Gasteiger partial charge in [0.25, 0.3) is 0 Å². The van der Waals surface area contributed by atoms with Gasteiger partial charge in [-0.2, -0.15) is 0 Å². The fourth-order valence-electron chi connectivity index (χ4n) is 3.44. The molecule has 0 radical (unpaired) electrons. The number of benzene rings is 2. The Balaban J connectivity index is 1.62. The van der Waals surface area contributed by atoms with Gasteiger partial charge >= 0.3 is 0 Å². The van der Waals surface area contributed by atoms with E-state index < -0.39 is 0 Å². The van der Waals surface area contributed by atoms with Gasteiger partial charge in [0.1, 0.15) is 0 Å². The molecule has 0 atom stereocenters. The van der Waals surface area contributed by atoms with E-state index in [-0.39, 0.29) is 0 Å². The van der Waals surface area contributed by atoms with E-state index >= 15 is 0 Å². The second kappa shape index (κ2) is 11.5. The summed E-state index contributed by atoms with van der Waals surface area (Å²) in [5, 5.41) is 2.32. The van der Waals surface area contributed by atoms with Crippen LogP contribution < -0.4 is 10.9 Å². The minimum Gasteiger partial charge on any atom is -0.369 e. The predicted octanol–water partition coefficient (Wildman–Crippen LogP) is 6.51. The molecule has 0 fully saturated rings. The van der Waals surface area contributed by atoms with Crippen molar-refractivity contribution < 1.29 is 0 Å². The second-order valence-electron chi connectivity index (χ2n) is 7.74. The highest BCUT2D eigenvalue weighted by Gasteiger charge is 2.16. The van der Waals surface area contributed by atoms with Crippen molar-refractivity contribution in [3.8, 4) is 10.4 Å². The number of allylic oxidation sites excluding steroid dienone is 1. The highest BCUT2D eigenvalue weighted by molar-refractivity contribution is 7.18. The van der Waals surface area contributed by atoms with E-state index in [2.05, 4.69) is 72.9 Å². The van der Waals surface area contributed by atoms with Crippen LogP contribution in [-0.2, 0) is 6.42 Å². The number of aromatic nitrogens is 1. The summed E-state index contributed by atoms with van der Waals surface area (Å²) in [5.41, 5.74) is 5.42. The van der Waals surface area contributed by atoms with Crippen molar-refractivity contribution in [2.75, 3.05) is 18.1 Å². The summed E-state index contributed by atoms with van der Waals surface area (Å²) in [6, 6.07) is 18.7. The molecule has 0 aliphatic carbocycles. The summed E-state index contributed by atoms with van der Waals surface area (Å²) < 4.78 is 0. The van der Waals surface area contributed by atoms with Gasteiger partial charge in [-0.15, -0.1) is 0 Å². The molecule has 4 nitrogen and oxygen atoms in total. The normalized spacial score (nSPS) is 10.6. The molecule has 0 aliphatic heterocycles. The molecule has 3 aromatic rings. The molecule has 166 valence electrons. The van der Waals surface area contributed by atoms with Crippen LogP contribution in [0.3, 0.4) is 0 Å². The van der Waals surface area contributed by atoms with Gasteiger partial charge in [-0.3, -0.25) is 5.01 Å². The van der Waals surface area contributed by atoms with Crippen molar-refractivity contribution >= 4 is 22.5 Å². The quantitative estimate of drug-likeness (QED) is 0.256. The molecule has 0 saturated heterocycles. The van der Waals surface area contributed by atoms with Crippen molar-refractivity contribution in [3.63, 3.8) is 0 Å². The van der Waals surface area contributed by atoms with Crippen molar-refractivity contribution in [2.45, 2.75) is 26.2 Å². The third-order valence-electron chi connectivity index (χ3n) is 5.33. The van der Waals surface area contributed by atoms with Crippen LogP contribution in [-0.4, -0.2) is 23.0 Å². The van der Waals surface area contributed by atoms with E-state index in [0.717, 1.165) is 58.3 Å². The maximum atomic E-state index is 6.40. The Bertz CT molecular complexity index is 1040. The molecule has 3 rings (SSSR count). The van der Waals surface area contributed by atoms with E-state index in [4.69, 9.17) is 5.84 Å². The average molecular weight is 445 g/mol. The lowest BCUT2D eigenvalue weighted by Gasteiger charge is -2.30. The highest BCUT2D eigenvalue weighted by atomic mass is 32.1. The van der Waals surface area contributed by atoms with Crippen LogP contribution in [0.4, 0.5) is 5.13 Å². The molecule has 0 bridgehead atoms. The zero-order chi connectivity index (χ0) is 22.9. The first-order valence-electron chi connectivity index (χ1n) is 10.9. The van der Waals surface area contributed by atoms with Crippen LogP contribution in [0.25, 0.3) is 16.5 Å². The minimum atomic E-state index is 0.626. The molecule has 2 N–H and O–H groups in total. The third-order valence-corrected chi connectivity index (χ3v) is 6.38. The Morgan fingerprint density at radius 3 is 2.44 bits per heavy atom. The first-order chi connectivity index (χ1) is 15.5. The van der Waals surface area contributed by atoms with Crippen LogP contribution in [0.5, 0.6) is 0 Å². The number of nitrogens with zero attached hydrogens (tertiary/aromatic N) is 3. The van der Waals surface area contributed by atoms with Gasteiger partial charge in [0, 0.05) is 24.1 Å². The second-order valence-corrected chi connectivity index (χ2v) is 8.75. The van der Waals surface area contributed by atoms with Crippen LogP contribution in [0.15, 0.2) is 91.9 Å². The summed E-state index contributed by atoms with van der Waals surface area (Å²) >= 11 is 1.55. The maximum Gasteiger partial charge on any atom is 0.204 e. The summed E-state index contributed by atoms with van der Waals surface area (Å²) in [6.07, 6.45) is 6.61. The Morgan fingerprint density at radius 1 is 1.06 bits per heavy atom. The Hall–Kier alpha value is -3.15. The molecule has 1 aromatic heterocycles. The van der Waals surface area contributed by atoms with E-state index in [1.165, 1.54) is 5.56 Å². The number of rotatable bonds is 12. The molecular formula is C27H32N4S. The number of nitrogens with two attached hydrogens (primary N) is 1. The van der Waals surface area contributed by atoms with Gasteiger partial charge in [0.2, 0.25) is 5.13 Å². The van der Waals surface area contributed by atoms with Gasteiger partial charge < -0.3 is 4.90 Å². The van der Waals surface area contributed by atoms with E-state index in [1.54, 1.807) is 16.3 Å². The maximum absolute atomic E-state index is 6.40. The molecule has 0 unspecified atom stereocenters. The molecule has 5 heteroatoms. The van der Waals surface area contributed by atoms with Crippen molar-refractivity contribution in [1.82, 2.24) is 9.88 Å². The standard InChI is InChI=1S/C27H32N4S/c1-5-18-30(21(3)12-13-24-10-8-7-9-11-24)20-22(4)31(28)27-29-19-26(32-27)25-16-14-23(6-2)15-17-25/h6-11,14-17,19H,2-5,12-13,18,20,28H2,1H3. The smallest absolute Gasteiger partial charge is 0.204 e. The lowest BCUT2D eigenvalue weighted by molar-refractivity contribution is 0.357. The van der Waals surface area contributed by atoms with Gasteiger partial charge in [0.15, 0.2) is 0 Å². The van der Waals surface area contributed by atoms with Gasteiger partial charge in [0.05, 0.1) is 11.4 Å². The molecule has 0 saturated carbocycles. The SMILES string of the molecule is C=Cc1ccc(-c2cnc(N(N)C(=C)CN(CCC)C(=C)CCc3ccccc3)s2)cc1. The number of aryl methyl sites for hydroxylation is 1. The van der Waals surface area contributed by atoms with Crippen molar-refractivity contribution in [3.05, 3.63) is 103 Å². The predicted molar refractivity (Wildman–Crippen MR) is 139 cm³/mol. The lowest BCUT2D eigenvalue weighted by atomic mass is 10.1. The van der Waals surface area contributed by atoms with Crippen LogP contribution in [0.2, 0.25) is 0 Å². The van der Waals surface area contributed by atoms with Gasteiger partial charge in [-0.1, -0.05) is 98.7 Å². The number of anilines is 1. The van der Waals surface area contributed by atoms with E-state index in [9.17, 15) is 0 Å². The molecule has 1 heterocycles. The first-order valence-corrected chi connectivity index (χ1v) is 11.7. The first kappa shape index (κ1) is 23.5. The largest absolute Gasteiger partial charge is 0.369 e. The Labute approximate surface area is 196 Å². The summed E-state index contributed by atoms with van der Waals surface area (Å²) in [7, 11) is 0. The molecule has 32 heavy (non-hydrogen) atoms. The van der Waals surface area contributed by atoms with Crippen LogP contribution in [0.1, 0.15) is 30.9 Å². The molecule has 0 spiro atoms. The third kappa shape index (κ3) is 6.19. The Kier molecular flexibility index (Phi) is 8.42. The monoisotopic (exact) mass is 444 g/mol. The van der Waals surface area contributed by atoms with Gasteiger partial charge in [-0.25, -0.2) is 10.8 Å². The van der Waals surface area contributed by atoms with Crippen molar-refractivity contribution in [1.29, 1.82) is 0 Å². The van der Waals surface area contributed by atoms with Crippen LogP contribution in [0, 0.1) is 0 Å². The molecular weight excluding hydrogens is 412 g/mol. The fraction of sp³-hybridized carbons (Fsp3) is 0.222. The average Bonchev–Trinajstić information content (AvgIpc) is 3.32. The summed E-state index contributed by atoms with van der Waals surface area (Å²) in [6.45, 7) is 16.1. The zero-order valence-electron chi connectivity index (χ0n) is 18.8. The molecule has 0 amide bonds. The van der Waals surface area contributed by atoms with E-state index in [0.29, 0.717) is 6.54 Å². The van der Waals surface area contributed by atoms with E-state index in [1.807, 2.05) is 30.5 Å². The number of hydrogen-bond donors (Lipinski definition) is 1. The summed E-state index contributed by atoms with van der Waals surface area (Å²) in [5.74, 6) is 6.40. The minimum absolute atomic E-state index is 0.626. The molecule has 2 aromatic carbocycles.